The summed E-state index contributed by atoms with van der Waals surface area (Å²) in [6, 6.07) is 15.9. The van der Waals surface area contributed by atoms with E-state index in [0.717, 1.165) is 8.99 Å². The van der Waals surface area contributed by atoms with Crippen molar-refractivity contribution in [2.75, 3.05) is 6.54 Å². The Morgan fingerprint density at radius 1 is 0.909 bits per heavy atom. The molecular formula is C23H19N5O4S. The summed E-state index contributed by atoms with van der Waals surface area (Å²) >= 11 is 0. The first-order valence-corrected chi connectivity index (χ1v) is 11.6. The average Bonchev–Trinajstić information content (AvgIpc) is 3.35. The van der Waals surface area contributed by atoms with Crippen LogP contribution in [0.15, 0.2) is 78.0 Å². The molecule has 1 unspecified atom stereocenters. The monoisotopic (exact) mass is 461 g/mol. The molecule has 0 radical (unpaired) electrons. The number of nitrogens with zero attached hydrogens (tertiary/aromatic N) is 4. The minimum atomic E-state index is -3.85. The third-order valence-corrected chi connectivity index (χ3v) is 7.13. The van der Waals surface area contributed by atoms with Gasteiger partial charge in [-0.3, -0.25) is 19.5 Å². The van der Waals surface area contributed by atoms with Gasteiger partial charge in [0.25, 0.3) is 21.8 Å². The number of aromatic nitrogens is 3. The number of imide groups is 1. The second-order valence-electron chi connectivity index (χ2n) is 7.77. The fraction of sp³-hybridized carbons (Fsp3) is 0.130. The molecule has 0 spiro atoms. The van der Waals surface area contributed by atoms with E-state index in [1.807, 2.05) is 0 Å². The predicted octanol–water partition coefficient (Wildman–Crippen LogP) is 1.83. The zero-order valence-electron chi connectivity index (χ0n) is 17.3. The highest BCUT2D eigenvalue weighted by Gasteiger charge is 2.35. The van der Waals surface area contributed by atoms with Gasteiger partial charge >= 0.3 is 0 Å². The van der Waals surface area contributed by atoms with Gasteiger partial charge in [0.05, 0.1) is 28.4 Å². The maximum absolute atomic E-state index is 12.9. The van der Waals surface area contributed by atoms with Crippen LogP contribution in [-0.4, -0.2) is 51.9 Å². The highest BCUT2D eigenvalue weighted by molar-refractivity contribution is 7.90. The summed E-state index contributed by atoms with van der Waals surface area (Å²) in [5.41, 5.74) is 7.93. The molecule has 2 aromatic carbocycles. The maximum Gasteiger partial charge on any atom is 0.283 e. The Morgan fingerprint density at radius 3 is 2.21 bits per heavy atom. The Labute approximate surface area is 189 Å². The molecule has 2 aromatic heterocycles. The van der Waals surface area contributed by atoms with Crippen molar-refractivity contribution in [1.82, 2.24) is 19.1 Å². The molecule has 33 heavy (non-hydrogen) atoms. The van der Waals surface area contributed by atoms with Crippen LogP contribution in [0.3, 0.4) is 0 Å². The van der Waals surface area contributed by atoms with Gasteiger partial charge in [-0.1, -0.05) is 30.3 Å². The molecule has 0 fully saturated rings. The van der Waals surface area contributed by atoms with Gasteiger partial charge in [-0.15, -0.1) is 0 Å². The van der Waals surface area contributed by atoms with Gasteiger partial charge in [0.1, 0.15) is 5.52 Å². The van der Waals surface area contributed by atoms with E-state index in [1.54, 1.807) is 48.5 Å². The normalized spacial score (nSPS) is 14.6. The number of carbonyl (C=O) groups is 2. The van der Waals surface area contributed by atoms with Crippen molar-refractivity contribution in [1.29, 1.82) is 0 Å². The van der Waals surface area contributed by atoms with Gasteiger partial charge in [0, 0.05) is 30.1 Å². The number of carbonyl (C=O) groups excluding carboxylic acids is 2. The van der Waals surface area contributed by atoms with E-state index < -0.39 is 16.1 Å². The molecule has 2 N–H and O–H groups in total. The second kappa shape index (κ2) is 7.91. The molecule has 1 aliphatic heterocycles. The minimum Gasteiger partial charge on any atom is -0.326 e. The highest BCUT2D eigenvalue weighted by Crippen LogP contribution is 2.23. The Bertz CT molecular complexity index is 1460. The first-order chi connectivity index (χ1) is 15.9. The lowest BCUT2D eigenvalue weighted by atomic mass is 10.1. The van der Waals surface area contributed by atoms with Crippen molar-refractivity contribution < 1.29 is 18.0 Å². The van der Waals surface area contributed by atoms with Gasteiger partial charge in [0.15, 0.2) is 0 Å². The van der Waals surface area contributed by atoms with Crippen molar-refractivity contribution >= 4 is 32.7 Å². The van der Waals surface area contributed by atoms with Gasteiger partial charge in [-0.25, -0.2) is 0 Å². The summed E-state index contributed by atoms with van der Waals surface area (Å²) in [4.78, 5) is 30.7. The number of rotatable bonds is 6. The van der Waals surface area contributed by atoms with Crippen molar-refractivity contribution in [3.8, 4) is 0 Å². The Balaban J connectivity index is 1.35. The van der Waals surface area contributed by atoms with Crippen molar-refractivity contribution in [3.63, 3.8) is 0 Å². The number of fused-ring (bicyclic) bond motifs is 2. The van der Waals surface area contributed by atoms with Crippen LogP contribution < -0.4 is 5.73 Å². The molecule has 10 heteroatoms. The molecule has 1 atom stereocenters. The van der Waals surface area contributed by atoms with E-state index in [9.17, 15) is 18.0 Å². The lowest BCUT2D eigenvalue weighted by Gasteiger charge is -2.19. The van der Waals surface area contributed by atoms with Crippen LogP contribution in [-0.2, 0) is 16.4 Å². The van der Waals surface area contributed by atoms with E-state index in [4.69, 9.17) is 5.73 Å². The molecule has 166 valence electrons. The van der Waals surface area contributed by atoms with E-state index in [1.165, 1.54) is 24.5 Å². The molecule has 9 nitrogen and oxygen atoms in total. The summed E-state index contributed by atoms with van der Waals surface area (Å²) in [5, 5.41) is 4.64. The molecule has 0 aliphatic carbocycles. The SMILES string of the molecule is NC(Cc1cc2cnn(S(=O)(=O)c3ccccc3)c2cn1)CN1C(=O)c2ccccc2C1=O. The highest BCUT2D eigenvalue weighted by atomic mass is 32.2. The lowest BCUT2D eigenvalue weighted by molar-refractivity contribution is 0.0644. The molecule has 4 aromatic rings. The van der Waals surface area contributed by atoms with Crippen LogP contribution in [0.1, 0.15) is 26.4 Å². The van der Waals surface area contributed by atoms with Gasteiger partial charge in [-0.2, -0.15) is 17.6 Å². The topological polar surface area (TPSA) is 128 Å². The van der Waals surface area contributed by atoms with Crippen LogP contribution in [0, 0.1) is 0 Å². The largest absolute Gasteiger partial charge is 0.326 e. The summed E-state index contributed by atoms with van der Waals surface area (Å²) in [5.74, 6) is -0.719. The van der Waals surface area contributed by atoms with Crippen molar-refractivity contribution in [2.24, 2.45) is 5.73 Å². The molecule has 0 bridgehead atoms. The number of benzene rings is 2. The zero-order chi connectivity index (χ0) is 23.2. The van der Waals surface area contributed by atoms with E-state index in [0.29, 0.717) is 34.1 Å². The summed E-state index contributed by atoms with van der Waals surface area (Å²) in [7, 11) is -3.85. The fourth-order valence-electron chi connectivity index (χ4n) is 3.92. The molecule has 0 saturated heterocycles. The minimum absolute atomic E-state index is 0.0493. The average molecular weight is 462 g/mol. The smallest absolute Gasteiger partial charge is 0.283 e. The maximum atomic E-state index is 12.9. The first kappa shape index (κ1) is 21.0. The van der Waals surface area contributed by atoms with Gasteiger partial charge in [-0.05, 0) is 30.3 Å². The Morgan fingerprint density at radius 2 is 1.55 bits per heavy atom. The summed E-state index contributed by atoms with van der Waals surface area (Å²) in [6.45, 7) is 0.0493. The molecule has 0 saturated carbocycles. The van der Waals surface area contributed by atoms with E-state index in [-0.39, 0.29) is 23.3 Å². The number of pyridine rings is 1. The van der Waals surface area contributed by atoms with Gasteiger partial charge < -0.3 is 5.73 Å². The number of nitrogens with two attached hydrogens (primary N) is 1. The third-order valence-electron chi connectivity index (χ3n) is 5.51. The summed E-state index contributed by atoms with van der Waals surface area (Å²) < 4.78 is 26.8. The molecule has 5 rings (SSSR count). The fourth-order valence-corrected chi connectivity index (χ4v) is 5.20. The number of hydrogen-bond acceptors (Lipinski definition) is 7. The molecule has 2 amide bonds. The standard InChI is InChI=1S/C23H19N5O4S/c24-16(14-27-22(29)19-8-4-5-9-20(19)23(27)30)11-17-10-15-12-26-28(21(15)13-25-17)33(31,32)18-6-2-1-3-7-18/h1-10,12-13,16H,11,14,24H2. The van der Waals surface area contributed by atoms with Crippen LogP contribution in [0.2, 0.25) is 0 Å². The third kappa shape index (κ3) is 3.59. The van der Waals surface area contributed by atoms with Crippen molar-refractivity contribution in [3.05, 3.63) is 89.9 Å². The quantitative estimate of drug-likeness (QED) is 0.434. The first-order valence-electron chi connectivity index (χ1n) is 10.2. The molecular weight excluding hydrogens is 442 g/mol. The predicted molar refractivity (Wildman–Crippen MR) is 120 cm³/mol. The lowest BCUT2D eigenvalue weighted by Crippen LogP contribution is -2.42. The Hall–Kier alpha value is -3.89. The number of amides is 2. The Kier molecular flexibility index (Phi) is 5.03. The summed E-state index contributed by atoms with van der Waals surface area (Å²) in [6.07, 6.45) is 3.18. The van der Waals surface area contributed by atoms with E-state index in [2.05, 4.69) is 10.1 Å². The van der Waals surface area contributed by atoms with Crippen LogP contribution in [0.25, 0.3) is 10.9 Å². The van der Waals surface area contributed by atoms with E-state index >= 15 is 0 Å². The van der Waals surface area contributed by atoms with Crippen LogP contribution >= 0.6 is 0 Å². The van der Waals surface area contributed by atoms with Crippen molar-refractivity contribution in [2.45, 2.75) is 17.4 Å². The molecule has 3 heterocycles. The van der Waals surface area contributed by atoms with Crippen LogP contribution in [0.4, 0.5) is 0 Å². The number of hydrogen-bond donors (Lipinski definition) is 1. The zero-order valence-corrected chi connectivity index (χ0v) is 18.1. The van der Waals surface area contributed by atoms with Gasteiger partial charge in [0.2, 0.25) is 0 Å². The second-order valence-corrected chi connectivity index (χ2v) is 9.54. The molecule has 1 aliphatic rings. The van der Waals surface area contributed by atoms with Crippen LogP contribution in [0.5, 0.6) is 0 Å².